The third-order valence-corrected chi connectivity index (χ3v) is 6.23. The first-order chi connectivity index (χ1) is 11.3. The molecule has 1 saturated heterocycles. The molecule has 1 unspecified atom stereocenters. The fraction of sp³-hybridized carbons (Fsp3) is 0.588. The molecule has 2 aliphatic rings. The zero-order valence-electron chi connectivity index (χ0n) is 13.1. The lowest BCUT2D eigenvalue weighted by Gasteiger charge is -2.41. The molecule has 0 bridgehead atoms. The number of imidazole rings is 1. The number of ether oxygens (including phenoxy) is 1. The van der Waals surface area contributed by atoms with E-state index in [0.717, 1.165) is 40.5 Å². The summed E-state index contributed by atoms with van der Waals surface area (Å²) in [6.45, 7) is 2.58. The number of nitrogens with one attached hydrogen (secondary N) is 1. The maximum atomic E-state index is 6.05. The van der Waals surface area contributed by atoms with Gasteiger partial charge >= 0.3 is 0 Å². The van der Waals surface area contributed by atoms with Crippen LogP contribution in [-0.2, 0) is 4.74 Å². The Morgan fingerprint density at radius 1 is 1.26 bits per heavy atom. The predicted octanol–water partition coefficient (Wildman–Crippen LogP) is 4.50. The third-order valence-electron chi connectivity index (χ3n) is 4.96. The number of H-pyrrole nitrogens is 1. The van der Waals surface area contributed by atoms with E-state index in [2.05, 4.69) is 14.9 Å². The van der Waals surface area contributed by atoms with E-state index in [1.165, 1.54) is 32.1 Å². The molecule has 2 aromatic rings. The van der Waals surface area contributed by atoms with Gasteiger partial charge in [0.25, 0.3) is 0 Å². The number of aromatic nitrogens is 2. The fourth-order valence-electron chi connectivity index (χ4n) is 3.79. The minimum absolute atomic E-state index is 0.246. The van der Waals surface area contributed by atoms with Crippen LogP contribution in [0, 0.1) is 0 Å². The van der Waals surface area contributed by atoms with Crippen LogP contribution in [0.25, 0.3) is 10.6 Å². The lowest BCUT2D eigenvalue weighted by atomic mass is 9.93. The second-order valence-corrected chi connectivity index (χ2v) is 8.12. The second kappa shape index (κ2) is 6.93. The Bertz CT molecular complexity index is 650. The highest BCUT2D eigenvalue weighted by Crippen LogP contribution is 2.34. The van der Waals surface area contributed by atoms with Gasteiger partial charge in [0.2, 0.25) is 0 Å². The first-order valence-electron chi connectivity index (χ1n) is 8.45. The van der Waals surface area contributed by atoms with Crippen LogP contribution in [0.1, 0.15) is 44.0 Å². The van der Waals surface area contributed by atoms with Crippen LogP contribution in [0.2, 0.25) is 4.34 Å². The average Bonchev–Trinajstić information content (AvgIpc) is 3.24. The van der Waals surface area contributed by atoms with Crippen molar-refractivity contribution in [2.75, 3.05) is 19.8 Å². The molecule has 4 nitrogen and oxygen atoms in total. The second-order valence-electron chi connectivity index (χ2n) is 6.41. The van der Waals surface area contributed by atoms with E-state index in [1.54, 1.807) is 11.3 Å². The van der Waals surface area contributed by atoms with Gasteiger partial charge in [-0.1, -0.05) is 30.9 Å². The monoisotopic (exact) mass is 351 g/mol. The van der Waals surface area contributed by atoms with E-state index in [1.807, 2.05) is 18.3 Å². The molecule has 6 heteroatoms. The highest BCUT2D eigenvalue weighted by Gasteiger charge is 2.33. The van der Waals surface area contributed by atoms with Crippen molar-refractivity contribution in [1.82, 2.24) is 14.9 Å². The van der Waals surface area contributed by atoms with Crippen LogP contribution in [0.4, 0.5) is 0 Å². The van der Waals surface area contributed by atoms with Crippen LogP contribution in [0.5, 0.6) is 0 Å². The van der Waals surface area contributed by atoms with E-state index in [9.17, 15) is 0 Å². The molecule has 4 rings (SSSR count). The number of hydrogen-bond acceptors (Lipinski definition) is 4. The summed E-state index contributed by atoms with van der Waals surface area (Å²) in [4.78, 5) is 11.9. The van der Waals surface area contributed by atoms with Crippen molar-refractivity contribution >= 4 is 22.9 Å². The Hall–Kier alpha value is -0.880. The summed E-state index contributed by atoms with van der Waals surface area (Å²) < 4.78 is 6.56. The van der Waals surface area contributed by atoms with Crippen molar-refractivity contribution in [2.45, 2.75) is 44.2 Å². The standard InChI is InChI=1S/C17H22ClN3OS/c18-16-7-6-15(23-16)13-10-19-17(20-13)14-11-22-9-8-21(14)12-4-2-1-3-5-12/h6-7,10,12,14H,1-5,8-9,11H2,(H,19,20). The maximum Gasteiger partial charge on any atom is 0.126 e. The Labute approximate surface area is 145 Å². The normalized spacial score (nSPS) is 24.1. The summed E-state index contributed by atoms with van der Waals surface area (Å²) in [6.07, 6.45) is 8.63. The van der Waals surface area contributed by atoms with Gasteiger partial charge in [-0.2, -0.15) is 0 Å². The zero-order chi connectivity index (χ0) is 15.6. The Balaban J connectivity index is 1.56. The number of hydrogen-bond donors (Lipinski definition) is 1. The van der Waals surface area contributed by atoms with Crippen LogP contribution in [0.3, 0.4) is 0 Å². The van der Waals surface area contributed by atoms with E-state index < -0.39 is 0 Å². The number of halogens is 1. The van der Waals surface area contributed by atoms with Crippen molar-refractivity contribution in [2.24, 2.45) is 0 Å². The molecule has 0 aromatic carbocycles. The molecular formula is C17H22ClN3OS. The van der Waals surface area contributed by atoms with Gasteiger partial charge in [-0.3, -0.25) is 4.90 Å². The predicted molar refractivity (Wildman–Crippen MR) is 94.0 cm³/mol. The van der Waals surface area contributed by atoms with Gasteiger partial charge < -0.3 is 9.72 Å². The molecule has 3 heterocycles. The molecule has 124 valence electrons. The number of morpholine rings is 1. The van der Waals surface area contributed by atoms with E-state index in [0.29, 0.717) is 6.04 Å². The number of rotatable bonds is 3. The van der Waals surface area contributed by atoms with Gasteiger partial charge in [-0.15, -0.1) is 11.3 Å². The number of nitrogens with zero attached hydrogens (tertiary/aromatic N) is 2. The largest absolute Gasteiger partial charge is 0.378 e. The minimum Gasteiger partial charge on any atom is -0.378 e. The van der Waals surface area contributed by atoms with Crippen molar-refractivity contribution in [1.29, 1.82) is 0 Å². The summed E-state index contributed by atoms with van der Waals surface area (Å²) in [5.41, 5.74) is 1.05. The van der Waals surface area contributed by atoms with Crippen LogP contribution < -0.4 is 0 Å². The molecule has 0 radical (unpaired) electrons. The van der Waals surface area contributed by atoms with Crippen LogP contribution >= 0.6 is 22.9 Å². The first-order valence-corrected chi connectivity index (χ1v) is 9.65. The van der Waals surface area contributed by atoms with Gasteiger partial charge in [-0.25, -0.2) is 4.98 Å². The first kappa shape index (κ1) is 15.6. The smallest absolute Gasteiger partial charge is 0.126 e. The molecule has 1 N–H and O–H groups in total. The summed E-state index contributed by atoms with van der Waals surface area (Å²) >= 11 is 7.63. The van der Waals surface area contributed by atoms with Gasteiger partial charge in [-0.05, 0) is 25.0 Å². The molecule has 1 aliphatic carbocycles. The Morgan fingerprint density at radius 2 is 2.13 bits per heavy atom. The minimum atomic E-state index is 0.246. The number of aromatic amines is 1. The highest BCUT2D eigenvalue weighted by atomic mass is 35.5. The van der Waals surface area contributed by atoms with Gasteiger partial charge in [0.15, 0.2) is 0 Å². The lowest BCUT2D eigenvalue weighted by molar-refractivity contribution is -0.0400. The molecule has 1 saturated carbocycles. The summed E-state index contributed by atoms with van der Waals surface area (Å²) in [5, 5.41) is 0. The van der Waals surface area contributed by atoms with Gasteiger partial charge in [0.05, 0.1) is 40.4 Å². The quantitative estimate of drug-likeness (QED) is 0.885. The molecule has 0 spiro atoms. The molecule has 0 amide bonds. The van der Waals surface area contributed by atoms with Crippen molar-refractivity contribution in [3.05, 3.63) is 28.5 Å². The molecule has 2 fully saturated rings. The van der Waals surface area contributed by atoms with E-state index in [-0.39, 0.29) is 6.04 Å². The topological polar surface area (TPSA) is 41.1 Å². The zero-order valence-corrected chi connectivity index (χ0v) is 14.7. The SMILES string of the molecule is Clc1ccc(-c2cnc(C3COCCN3C3CCCCC3)[nH]2)s1. The highest BCUT2D eigenvalue weighted by molar-refractivity contribution is 7.19. The molecule has 1 atom stereocenters. The molecule has 1 aliphatic heterocycles. The van der Waals surface area contributed by atoms with E-state index >= 15 is 0 Å². The summed E-state index contributed by atoms with van der Waals surface area (Å²) in [6, 6.07) is 4.90. The summed E-state index contributed by atoms with van der Waals surface area (Å²) in [7, 11) is 0. The van der Waals surface area contributed by atoms with Crippen LogP contribution in [0.15, 0.2) is 18.3 Å². The Kier molecular flexibility index (Phi) is 4.71. The molecule has 2 aromatic heterocycles. The molecule has 23 heavy (non-hydrogen) atoms. The van der Waals surface area contributed by atoms with Gasteiger partial charge in [0.1, 0.15) is 5.82 Å². The fourth-order valence-corrected chi connectivity index (χ4v) is 4.80. The molecular weight excluding hydrogens is 330 g/mol. The van der Waals surface area contributed by atoms with Crippen molar-refractivity contribution in [3.63, 3.8) is 0 Å². The number of thiophene rings is 1. The van der Waals surface area contributed by atoms with E-state index in [4.69, 9.17) is 16.3 Å². The van der Waals surface area contributed by atoms with Crippen LogP contribution in [-0.4, -0.2) is 40.7 Å². The van der Waals surface area contributed by atoms with Crippen molar-refractivity contribution < 1.29 is 4.74 Å². The van der Waals surface area contributed by atoms with Gasteiger partial charge in [0, 0.05) is 12.6 Å². The lowest BCUT2D eigenvalue weighted by Crippen LogP contribution is -2.46. The maximum absolute atomic E-state index is 6.05. The van der Waals surface area contributed by atoms with Crippen molar-refractivity contribution in [3.8, 4) is 10.6 Å². The third kappa shape index (κ3) is 3.33. The average molecular weight is 352 g/mol. The summed E-state index contributed by atoms with van der Waals surface area (Å²) in [5.74, 6) is 1.02. The Morgan fingerprint density at radius 3 is 2.91 bits per heavy atom.